The summed E-state index contributed by atoms with van der Waals surface area (Å²) in [6, 6.07) is 4.62. The molecule has 0 unspecified atom stereocenters. The molecule has 0 bridgehead atoms. The van der Waals surface area contributed by atoms with Crippen LogP contribution in [0.15, 0.2) is 42.5 Å². The predicted molar refractivity (Wildman–Crippen MR) is 115 cm³/mol. The number of alkyl halides is 3. The first-order valence-electron chi connectivity index (χ1n) is 9.37. The van der Waals surface area contributed by atoms with E-state index in [1.807, 2.05) is 5.32 Å². The van der Waals surface area contributed by atoms with Crippen molar-refractivity contribution >= 4 is 52.2 Å². The van der Waals surface area contributed by atoms with Crippen LogP contribution in [0.2, 0.25) is 10.0 Å². The van der Waals surface area contributed by atoms with Crippen LogP contribution in [0, 0.1) is 23.3 Å². The number of halogens is 9. The van der Waals surface area contributed by atoms with Gasteiger partial charge in [0.2, 0.25) is 0 Å². The number of ketones is 1. The van der Waals surface area contributed by atoms with Crippen molar-refractivity contribution in [2.24, 2.45) is 0 Å². The molecule has 0 saturated carbocycles. The molecule has 36 heavy (non-hydrogen) atoms. The van der Waals surface area contributed by atoms with Crippen LogP contribution in [0.3, 0.4) is 0 Å². The van der Waals surface area contributed by atoms with E-state index in [0.717, 1.165) is 18.2 Å². The van der Waals surface area contributed by atoms with Gasteiger partial charge in [0, 0.05) is 17.7 Å². The summed E-state index contributed by atoms with van der Waals surface area (Å²) in [7, 11) is 0. The third-order valence-electron chi connectivity index (χ3n) is 4.53. The lowest BCUT2D eigenvalue weighted by Gasteiger charge is -2.14. The van der Waals surface area contributed by atoms with Crippen LogP contribution < -0.4 is 10.6 Å². The number of amides is 2. The van der Waals surface area contributed by atoms with Gasteiger partial charge in [0.25, 0.3) is 17.6 Å². The molecule has 0 aliphatic heterocycles. The molecule has 0 fully saturated rings. The van der Waals surface area contributed by atoms with Crippen molar-refractivity contribution in [3.05, 3.63) is 92.5 Å². The molecule has 0 aliphatic rings. The van der Waals surface area contributed by atoms with Crippen LogP contribution in [0.5, 0.6) is 0 Å². The number of hydrogen-bond acceptors (Lipinski definition) is 3. The second kappa shape index (κ2) is 10.2. The minimum atomic E-state index is -5.22. The van der Waals surface area contributed by atoms with Crippen LogP contribution in [-0.4, -0.2) is 23.8 Å². The lowest BCUT2D eigenvalue weighted by Crippen LogP contribution is -2.23. The Hall–Kier alpha value is -3.64. The topological polar surface area (TPSA) is 75.3 Å². The number of carbonyl (C=O) groups excluding carboxylic acids is 3. The molecule has 3 aromatic carbocycles. The highest BCUT2D eigenvalue weighted by atomic mass is 35.5. The van der Waals surface area contributed by atoms with E-state index in [1.165, 1.54) is 0 Å². The van der Waals surface area contributed by atoms with Gasteiger partial charge in [0.05, 0.1) is 27.0 Å². The SMILES string of the molecule is O=C(Nc1c(Cl)cc(C(=O)C(F)(F)F)cc1Cl)c1cccc(NC(=O)c2c(F)cc(F)cc2F)c1F. The minimum Gasteiger partial charge on any atom is -0.319 e. The lowest BCUT2D eigenvalue weighted by molar-refractivity contribution is -0.0885. The number of carbonyl (C=O) groups is 3. The maximum atomic E-state index is 14.9. The fraction of sp³-hybridized carbons (Fsp3) is 0.0455. The Morgan fingerprint density at radius 3 is 1.86 bits per heavy atom. The van der Waals surface area contributed by atoms with Crippen LogP contribution in [0.25, 0.3) is 0 Å². The molecule has 2 amide bonds. The average molecular weight is 553 g/mol. The van der Waals surface area contributed by atoms with Gasteiger partial charge in [-0.1, -0.05) is 29.3 Å². The van der Waals surface area contributed by atoms with Gasteiger partial charge < -0.3 is 10.6 Å². The van der Waals surface area contributed by atoms with Gasteiger partial charge in [-0.2, -0.15) is 13.2 Å². The normalized spacial score (nSPS) is 11.2. The first-order chi connectivity index (χ1) is 16.7. The molecule has 5 nitrogen and oxygen atoms in total. The molecule has 14 heteroatoms. The summed E-state index contributed by atoms with van der Waals surface area (Å²) in [5, 5.41) is 2.77. The van der Waals surface area contributed by atoms with Gasteiger partial charge in [0.1, 0.15) is 23.0 Å². The summed E-state index contributed by atoms with van der Waals surface area (Å²) < 4.78 is 93.5. The Labute approximate surface area is 206 Å². The lowest BCUT2D eigenvalue weighted by atomic mass is 10.1. The summed E-state index contributed by atoms with van der Waals surface area (Å²) in [4.78, 5) is 36.2. The zero-order valence-corrected chi connectivity index (χ0v) is 18.7. The average Bonchev–Trinajstić information content (AvgIpc) is 2.75. The molecule has 0 spiro atoms. The quantitative estimate of drug-likeness (QED) is 0.270. The standard InChI is InChI=1S/C22H9Cl2F7N2O3/c23-11-4-8(19(34)22(29,30)31)5-12(24)18(11)33-20(35)10-2-1-3-15(17(10)28)32-21(36)16-13(26)6-9(25)7-14(16)27/h1-7H,(H,32,36)(H,33,35). The second-order valence-electron chi connectivity index (χ2n) is 6.96. The highest BCUT2D eigenvalue weighted by Gasteiger charge is 2.39. The maximum Gasteiger partial charge on any atom is 0.454 e. The molecule has 3 aromatic rings. The molecule has 188 valence electrons. The predicted octanol–water partition coefficient (Wildman–Crippen LogP) is 6.80. The molecular formula is C22H9Cl2F7N2O3. The van der Waals surface area contributed by atoms with E-state index in [-0.39, 0.29) is 12.1 Å². The maximum absolute atomic E-state index is 14.9. The number of nitrogens with one attached hydrogen (secondary N) is 2. The Balaban J connectivity index is 1.87. The van der Waals surface area contributed by atoms with E-state index in [2.05, 4.69) is 5.32 Å². The number of benzene rings is 3. The highest BCUT2D eigenvalue weighted by molar-refractivity contribution is 6.40. The third kappa shape index (κ3) is 5.60. The van der Waals surface area contributed by atoms with Crippen molar-refractivity contribution in [3.63, 3.8) is 0 Å². The zero-order chi connectivity index (χ0) is 26.9. The van der Waals surface area contributed by atoms with Crippen LogP contribution in [0.4, 0.5) is 42.1 Å². The largest absolute Gasteiger partial charge is 0.454 e. The summed E-state index contributed by atoms with van der Waals surface area (Å²) in [6.45, 7) is 0. The van der Waals surface area contributed by atoms with Crippen molar-refractivity contribution in [2.45, 2.75) is 6.18 Å². The molecule has 0 aromatic heterocycles. The number of hydrogen-bond donors (Lipinski definition) is 2. The minimum absolute atomic E-state index is 0.235. The third-order valence-corrected chi connectivity index (χ3v) is 5.12. The Kier molecular flexibility index (Phi) is 7.60. The van der Waals surface area contributed by atoms with E-state index in [1.54, 1.807) is 0 Å². The molecule has 0 atom stereocenters. The molecule has 0 radical (unpaired) electrons. The van der Waals surface area contributed by atoms with E-state index in [4.69, 9.17) is 23.2 Å². The van der Waals surface area contributed by atoms with E-state index < -0.39 is 85.2 Å². The molecular weight excluding hydrogens is 544 g/mol. The van der Waals surface area contributed by atoms with Crippen LogP contribution in [0.1, 0.15) is 31.1 Å². The fourth-order valence-electron chi connectivity index (χ4n) is 2.92. The number of rotatable bonds is 5. The Morgan fingerprint density at radius 1 is 0.778 bits per heavy atom. The summed E-state index contributed by atoms with van der Waals surface area (Å²) in [5.41, 5.74) is -4.01. The van der Waals surface area contributed by atoms with Gasteiger partial charge in [-0.05, 0) is 24.3 Å². The van der Waals surface area contributed by atoms with Crippen molar-refractivity contribution in [3.8, 4) is 0 Å². The summed E-state index contributed by atoms with van der Waals surface area (Å²) >= 11 is 11.7. The van der Waals surface area contributed by atoms with E-state index >= 15 is 0 Å². The first kappa shape index (κ1) is 27.0. The van der Waals surface area contributed by atoms with Gasteiger partial charge in [0.15, 0.2) is 5.82 Å². The fourth-order valence-corrected chi connectivity index (χ4v) is 3.50. The molecule has 2 N–H and O–H groups in total. The van der Waals surface area contributed by atoms with Crippen molar-refractivity contribution < 1.29 is 45.1 Å². The van der Waals surface area contributed by atoms with Crippen LogP contribution in [-0.2, 0) is 0 Å². The van der Waals surface area contributed by atoms with E-state index in [9.17, 15) is 45.1 Å². The van der Waals surface area contributed by atoms with Gasteiger partial charge in [-0.15, -0.1) is 0 Å². The molecule has 3 rings (SSSR count). The first-order valence-corrected chi connectivity index (χ1v) is 10.1. The molecule has 0 aliphatic carbocycles. The van der Waals surface area contributed by atoms with E-state index in [0.29, 0.717) is 12.1 Å². The monoisotopic (exact) mass is 552 g/mol. The highest BCUT2D eigenvalue weighted by Crippen LogP contribution is 2.35. The zero-order valence-electron chi connectivity index (χ0n) is 17.2. The van der Waals surface area contributed by atoms with Gasteiger partial charge in [-0.3, -0.25) is 14.4 Å². The number of anilines is 2. The Bertz CT molecular complexity index is 1360. The summed E-state index contributed by atoms with van der Waals surface area (Å²) in [5.74, 6) is -10.7. The molecule has 0 saturated heterocycles. The van der Waals surface area contributed by atoms with Crippen molar-refractivity contribution in [2.75, 3.05) is 10.6 Å². The Morgan fingerprint density at radius 2 is 1.33 bits per heavy atom. The van der Waals surface area contributed by atoms with Crippen molar-refractivity contribution in [1.29, 1.82) is 0 Å². The number of Topliss-reactive ketones (excluding diaryl/α,β-unsaturated/α-hetero) is 1. The smallest absolute Gasteiger partial charge is 0.319 e. The second-order valence-corrected chi connectivity index (χ2v) is 7.78. The molecule has 0 heterocycles. The van der Waals surface area contributed by atoms with Crippen molar-refractivity contribution in [1.82, 2.24) is 0 Å². The van der Waals surface area contributed by atoms with Crippen LogP contribution >= 0.6 is 23.2 Å². The summed E-state index contributed by atoms with van der Waals surface area (Å²) in [6.07, 6.45) is -5.22. The van der Waals surface area contributed by atoms with Gasteiger partial charge in [-0.25, -0.2) is 17.6 Å². The van der Waals surface area contributed by atoms with Gasteiger partial charge >= 0.3 is 6.18 Å².